The summed E-state index contributed by atoms with van der Waals surface area (Å²) in [5.74, 6) is 6.58. The topological polar surface area (TPSA) is 0 Å². The fourth-order valence-corrected chi connectivity index (χ4v) is 6.66. The van der Waals surface area contributed by atoms with Gasteiger partial charge in [0.05, 0.1) is 9.40 Å². The molecule has 2 aromatic heterocycles. The van der Waals surface area contributed by atoms with Crippen molar-refractivity contribution in [2.75, 3.05) is 0 Å². The molecule has 0 atom stereocenters. The van der Waals surface area contributed by atoms with Crippen LogP contribution in [0.15, 0.2) is 91.0 Å². The van der Waals surface area contributed by atoms with E-state index >= 15 is 0 Å². The number of benzene rings is 4. The molecular weight excluding hydrogens is 412 g/mol. The van der Waals surface area contributed by atoms with Gasteiger partial charge in [0.25, 0.3) is 0 Å². The Morgan fingerprint density at radius 3 is 1.90 bits per heavy atom. The lowest BCUT2D eigenvalue weighted by molar-refractivity contribution is 1.47. The minimum absolute atomic E-state index is 1.05. The molecule has 0 aliphatic rings. The second kappa shape index (κ2) is 7.39. The fourth-order valence-electron chi connectivity index (χ4n) is 3.93. The Morgan fingerprint density at radius 2 is 1.16 bits per heavy atom. The van der Waals surface area contributed by atoms with Gasteiger partial charge in [-0.1, -0.05) is 78.1 Å². The average Bonchev–Trinajstić information content (AvgIpc) is 3.34. The largest absolute Gasteiger partial charge is 0.134 e. The third kappa shape index (κ3) is 3.33. The highest BCUT2D eigenvalue weighted by Gasteiger charge is 2.13. The Labute approximate surface area is 189 Å². The molecule has 31 heavy (non-hydrogen) atoms. The molecule has 0 aliphatic heterocycles. The van der Waals surface area contributed by atoms with Crippen LogP contribution in [0.1, 0.15) is 16.7 Å². The summed E-state index contributed by atoms with van der Waals surface area (Å²) >= 11 is 3.78. The van der Waals surface area contributed by atoms with Gasteiger partial charge in [-0.05, 0) is 48.4 Å². The first kappa shape index (κ1) is 18.4. The Balaban J connectivity index is 1.43. The summed E-state index contributed by atoms with van der Waals surface area (Å²) < 4.78 is 5.44. The quantitative estimate of drug-likeness (QED) is 0.229. The van der Waals surface area contributed by atoms with Gasteiger partial charge in [-0.3, -0.25) is 0 Å². The van der Waals surface area contributed by atoms with E-state index in [-0.39, 0.29) is 0 Å². The SMILES string of the molecule is Cc1ccc(-c2ccc3c(c2)sc2c4ccc(C#Cc5ccccc5)cc4sc32)cc1. The van der Waals surface area contributed by atoms with Crippen LogP contribution in [0.3, 0.4) is 0 Å². The van der Waals surface area contributed by atoms with Crippen molar-refractivity contribution in [3.05, 3.63) is 108 Å². The molecule has 6 aromatic rings. The van der Waals surface area contributed by atoms with E-state index in [1.807, 2.05) is 53.0 Å². The Bertz CT molecular complexity index is 1620. The Kier molecular flexibility index (Phi) is 4.39. The zero-order valence-electron chi connectivity index (χ0n) is 17.0. The van der Waals surface area contributed by atoms with Crippen molar-refractivity contribution in [2.24, 2.45) is 0 Å². The number of fused-ring (bicyclic) bond motifs is 5. The van der Waals surface area contributed by atoms with Crippen LogP contribution in [0.25, 0.3) is 40.7 Å². The van der Waals surface area contributed by atoms with E-state index < -0.39 is 0 Å². The van der Waals surface area contributed by atoms with Gasteiger partial charge in [0, 0.05) is 31.3 Å². The molecule has 0 bridgehead atoms. The summed E-state index contributed by atoms with van der Waals surface area (Å²) in [5, 5.41) is 2.69. The van der Waals surface area contributed by atoms with Crippen LogP contribution < -0.4 is 0 Å². The van der Waals surface area contributed by atoms with Crippen LogP contribution in [0.5, 0.6) is 0 Å². The summed E-state index contributed by atoms with van der Waals surface area (Å²) in [5.41, 5.74) is 5.96. The van der Waals surface area contributed by atoms with Gasteiger partial charge < -0.3 is 0 Å². The van der Waals surface area contributed by atoms with Crippen molar-refractivity contribution in [1.82, 2.24) is 0 Å². The Hall–Kier alpha value is -3.38. The van der Waals surface area contributed by atoms with E-state index in [0.717, 1.165) is 11.1 Å². The lowest BCUT2D eigenvalue weighted by Gasteiger charge is -2.02. The van der Waals surface area contributed by atoms with Crippen molar-refractivity contribution < 1.29 is 0 Å². The molecule has 0 saturated heterocycles. The molecule has 0 radical (unpaired) electrons. The summed E-state index contributed by atoms with van der Waals surface area (Å²) in [6, 6.07) is 32.4. The highest BCUT2D eigenvalue weighted by molar-refractivity contribution is 7.36. The lowest BCUT2D eigenvalue weighted by Crippen LogP contribution is -1.77. The molecule has 0 saturated carbocycles. The first-order valence-electron chi connectivity index (χ1n) is 10.3. The number of hydrogen-bond acceptors (Lipinski definition) is 2. The second-order valence-corrected chi connectivity index (χ2v) is 9.87. The summed E-state index contributed by atoms with van der Waals surface area (Å²) in [6.45, 7) is 2.13. The van der Waals surface area contributed by atoms with Crippen LogP contribution in [0.4, 0.5) is 0 Å². The molecule has 0 unspecified atom stereocenters. The van der Waals surface area contributed by atoms with Gasteiger partial charge in [-0.15, -0.1) is 22.7 Å². The first-order valence-corrected chi connectivity index (χ1v) is 11.9. The van der Waals surface area contributed by atoms with Crippen LogP contribution in [-0.2, 0) is 0 Å². The molecule has 0 aliphatic carbocycles. The van der Waals surface area contributed by atoms with Gasteiger partial charge in [-0.25, -0.2) is 0 Å². The molecule has 6 rings (SSSR count). The maximum Gasteiger partial charge on any atom is 0.0542 e. The van der Waals surface area contributed by atoms with E-state index in [4.69, 9.17) is 0 Å². The van der Waals surface area contributed by atoms with Gasteiger partial charge in [-0.2, -0.15) is 0 Å². The maximum absolute atomic E-state index is 3.32. The van der Waals surface area contributed by atoms with E-state index in [1.165, 1.54) is 46.3 Å². The van der Waals surface area contributed by atoms with Gasteiger partial charge >= 0.3 is 0 Å². The minimum atomic E-state index is 1.05. The van der Waals surface area contributed by atoms with E-state index in [1.54, 1.807) is 0 Å². The van der Waals surface area contributed by atoms with Crippen molar-refractivity contribution in [1.29, 1.82) is 0 Å². The van der Waals surface area contributed by atoms with Crippen molar-refractivity contribution in [3.8, 4) is 23.0 Å². The van der Waals surface area contributed by atoms with Crippen LogP contribution in [0.2, 0.25) is 0 Å². The number of rotatable bonds is 1. The molecule has 0 N–H and O–H groups in total. The maximum atomic E-state index is 3.32. The molecule has 0 amide bonds. The predicted molar refractivity (Wildman–Crippen MR) is 137 cm³/mol. The van der Waals surface area contributed by atoms with Crippen LogP contribution in [-0.4, -0.2) is 0 Å². The first-order chi connectivity index (χ1) is 15.2. The molecule has 146 valence electrons. The van der Waals surface area contributed by atoms with Crippen molar-refractivity contribution >= 4 is 52.2 Å². The van der Waals surface area contributed by atoms with Crippen molar-refractivity contribution in [2.45, 2.75) is 6.92 Å². The highest BCUT2D eigenvalue weighted by atomic mass is 32.1. The molecule has 0 spiro atoms. The van der Waals surface area contributed by atoms with Gasteiger partial charge in [0.15, 0.2) is 0 Å². The van der Waals surface area contributed by atoms with Gasteiger partial charge in [0.1, 0.15) is 0 Å². The molecule has 2 heterocycles. The summed E-state index contributed by atoms with van der Waals surface area (Å²) in [4.78, 5) is 0. The van der Waals surface area contributed by atoms with E-state index in [0.29, 0.717) is 0 Å². The zero-order valence-corrected chi connectivity index (χ0v) is 18.6. The van der Waals surface area contributed by atoms with Crippen LogP contribution in [0, 0.1) is 18.8 Å². The molecule has 0 fully saturated rings. The molecule has 4 aromatic carbocycles. The van der Waals surface area contributed by atoms with E-state index in [9.17, 15) is 0 Å². The van der Waals surface area contributed by atoms with E-state index in [2.05, 4.69) is 79.4 Å². The highest BCUT2D eigenvalue weighted by Crippen LogP contribution is 2.45. The normalized spacial score (nSPS) is 11.1. The molecule has 2 heteroatoms. The number of aryl methyl sites for hydroxylation is 1. The fraction of sp³-hybridized carbons (Fsp3) is 0.0345. The average molecular weight is 431 g/mol. The smallest absolute Gasteiger partial charge is 0.0542 e. The van der Waals surface area contributed by atoms with Gasteiger partial charge in [0.2, 0.25) is 0 Å². The Morgan fingerprint density at radius 1 is 0.548 bits per heavy atom. The van der Waals surface area contributed by atoms with Crippen molar-refractivity contribution in [3.63, 3.8) is 0 Å². The summed E-state index contributed by atoms with van der Waals surface area (Å²) in [6.07, 6.45) is 0. The zero-order chi connectivity index (χ0) is 20.8. The minimum Gasteiger partial charge on any atom is -0.134 e. The molecular formula is C29H18S2. The number of hydrogen-bond donors (Lipinski definition) is 0. The lowest BCUT2D eigenvalue weighted by atomic mass is 10.0. The number of thiophene rings is 2. The third-order valence-electron chi connectivity index (χ3n) is 5.59. The second-order valence-electron chi connectivity index (χ2n) is 7.77. The summed E-state index contributed by atoms with van der Waals surface area (Å²) in [7, 11) is 0. The standard InChI is InChI=1S/C29H18S2/c1-19-7-12-22(13-8-19)23-14-16-25-27(18-23)31-28-24-15-11-21(17-26(24)30-29(25)28)10-9-20-5-3-2-4-6-20/h2-8,11-18H,1H3. The predicted octanol–water partition coefficient (Wildman–Crippen LogP) is 8.64. The monoisotopic (exact) mass is 430 g/mol. The van der Waals surface area contributed by atoms with Crippen LogP contribution >= 0.6 is 22.7 Å². The molecule has 0 nitrogen and oxygen atoms in total. The third-order valence-corrected chi connectivity index (χ3v) is 8.09.